The first-order valence-corrected chi connectivity index (χ1v) is 11.4. The molecule has 8 nitrogen and oxygen atoms in total. The number of benzene rings is 2. The van der Waals surface area contributed by atoms with Gasteiger partial charge in [0.2, 0.25) is 0 Å². The monoisotopic (exact) mass is 470 g/mol. The summed E-state index contributed by atoms with van der Waals surface area (Å²) in [5.74, 6) is 0. The van der Waals surface area contributed by atoms with Crippen LogP contribution in [-0.2, 0) is 6.67 Å². The predicted molar refractivity (Wildman–Crippen MR) is 128 cm³/mol. The number of nitriles is 1. The van der Waals surface area contributed by atoms with Crippen molar-refractivity contribution in [3.05, 3.63) is 88.1 Å². The van der Waals surface area contributed by atoms with Gasteiger partial charge in [-0.05, 0) is 74.2 Å². The number of nitrogens with zero attached hydrogens (tertiary/aromatic N) is 5. The second-order valence-corrected chi connectivity index (χ2v) is 8.56. The van der Waals surface area contributed by atoms with Crippen molar-refractivity contribution < 1.29 is 9.18 Å². The molecule has 0 radical (unpaired) electrons. The average Bonchev–Trinajstić information content (AvgIpc) is 3.43. The molecule has 1 amide bonds. The fourth-order valence-electron chi connectivity index (χ4n) is 4.34. The number of rotatable bonds is 5. The Balaban J connectivity index is 1.71. The van der Waals surface area contributed by atoms with E-state index in [1.54, 1.807) is 72.4 Å². The molecule has 0 aliphatic heterocycles. The first-order chi connectivity index (χ1) is 17.0. The van der Waals surface area contributed by atoms with Crippen molar-refractivity contribution in [2.24, 2.45) is 0 Å². The van der Waals surface area contributed by atoms with Crippen molar-refractivity contribution in [2.75, 3.05) is 0 Å². The van der Waals surface area contributed by atoms with E-state index in [9.17, 15) is 14.0 Å². The number of alkyl halides is 1. The van der Waals surface area contributed by atoms with Crippen molar-refractivity contribution in [1.29, 1.82) is 5.26 Å². The summed E-state index contributed by atoms with van der Waals surface area (Å²) in [4.78, 5) is 27.0. The van der Waals surface area contributed by atoms with Crippen LogP contribution in [0.3, 0.4) is 0 Å². The number of carbonyl (C=O) groups excluding carboxylic acids is 1. The number of amides is 1. The lowest BCUT2D eigenvalue weighted by atomic mass is 9.93. The van der Waals surface area contributed by atoms with Gasteiger partial charge in [0.25, 0.3) is 0 Å². The van der Waals surface area contributed by atoms with Gasteiger partial charge in [-0.3, -0.25) is 4.57 Å². The summed E-state index contributed by atoms with van der Waals surface area (Å²) in [7, 11) is 0. The minimum absolute atomic E-state index is 0.0317. The number of carbonyl (C=O) groups is 1. The maximum atomic E-state index is 13.7. The van der Waals surface area contributed by atoms with Crippen LogP contribution in [0.15, 0.2) is 65.6 Å². The van der Waals surface area contributed by atoms with E-state index in [0.29, 0.717) is 39.6 Å². The van der Waals surface area contributed by atoms with Gasteiger partial charge >= 0.3 is 11.7 Å². The second kappa shape index (κ2) is 9.06. The van der Waals surface area contributed by atoms with Crippen molar-refractivity contribution in [3.63, 3.8) is 0 Å². The molecule has 1 aliphatic rings. The first kappa shape index (κ1) is 22.3. The van der Waals surface area contributed by atoms with Gasteiger partial charge in [0.1, 0.15) is 12.4 Å². The van der Waals surface area contributed by atoms with Crippen molar-refractivity contribution in [1.82, 2.24) is 24.2 Å². The molecule has 1 fully saturated rings. The molecule has 0 spiro atoms. The Hall–Kier alpha value is -4.45. The molecular weight excluding hydrogens is 447 g/mol. The fourth-order valence-corrected chi connectivity index (χ4v) is 4.34. The van der Waals surface area contributed by atoms with Crippen LogP contribution in [-0.4, -0.2) is 31.0 Å². The van der Waals surface area contributed by atoms with Gasteiger partial charge in [-0.2, -0.15) is 10.4 Å². The number of halogens is 1. The summed E-state index contributed by atoms with van der Waals surface area (Å²) in [6, 6.07) is 16.8. The summed E-state index contributed by atoms with van der Waals surface area (Å²) < 4.78 is 17.5. The van der Waals surface area contributed by atoms with E-state index in [-0.39, 0.29) is 6.04 Å². The normalized spacial score (nSPS) is 13.3. The molecule has 4 aromatic rings. The van der Waals surface area contributed by atoms with Crippen LogP contribution in [0.25, 0.3) is 22.8 Å². The molecule has 1 N–H and O–H groups in total. The maximum absolute atomic E-state index is 13.7. The van der Waals surface area contributed by atoms with Crippen molar-refractivity contribution in [2.45, 2.75) is 38.9 Å². The summed E-state index contributed by atoms with van der Waals surface area (Å²) in [5, 5.41) is 16.5. The Morgan fingerprint density at radius 1 is 1.17 bits per heavy atom. The molecule has 0 saturated heterocycles. The largest absolute Gasteiger partial charge is 0.341 e. The fraction of sp³-hybridized carbons (Fsp3) is 0.231. The first-order valence-electron chi connectivity index (χ1n) is 11.4. The lowest BCUT2D eigenvalue weighted by Gasteiger charge is -2.26. The Morgan fingerprint density at radius 2 is 1.94 bits per heavy atom. The topological polar surface area (TPSA) is 97.6 Å². The van der Waals surface area contributed by atoms with Crippen molar-refractivity contribution >= 4 is 6.03 Å². The SMILES string of the molecule is Cc1c(-c2ccnn2-c2ccc(C#N)cc2)n(C(=O)NC2CCC2)c(=O)n1-c1cccc(CF)c1. The number of nitrogens with one attached hydrogen (secondary N) is 1. The Bertz CT molecular complexity index is 1500. The lowest BCUT2D eigenvalue weighted by Crippen LogP contribution is -2.45. The zero-order chi connectivity index (χ0) is 24.5. The molecule has 1 saturated carbocycles. The van der Waals surface area contributed by atoms with Crippen LogP contribution >= 0.6 is 0 Å². The molecular formula is C26H23FN6O2. The molecule has 2 heterocycles. The molecule has 0 bridgehead atoms. The van der Waals surface area contributed by atoms with Crippen LogP contribution in [0.2, 0.25) is 0 Å². The zero-order valence-electron chi connectivity index (χ0n) is 19.1. The highest BCUT2D eigenvalue weighted by atomic mass is 19.1. The van der Waals surface area contributed by atoms with E-state index in [0.717, 1.165) is 23.8 Å². The van der Waals surface area contributed by atoms with Gasteiger partial charge in [0.15, 0.2) is 0 Å². The van der Waals surface area contributed by atoms with E-state index in [2.05, 4.69) is 16.5 Å². The van der Waals surface area contributed by atoms with Gasteiger partial charge in [-0.1, -0.05) is 12.1 Å². The number of hydrogen-bond acceptors (Lipinski definition) is 4. The molecule has 2 aromatic heterocycles. The van der Waals surface area contributed by atoms with Crippen LogP contribution < -0.4 is 11.0 Å². The minimum Gasteiger partial charge on any atom is -0.335 e. The third-order valence-electron chi connectivity index (χ3n) is 6.37. The van der Waals surface area contributed by atoms with Crippen LogP contribution in [0.1, 0.15) is 36.1 Å². The summed E-state index contributed by atoms with van der Waals surface area (Å²) in [5.41, 5.74) is 2.99. The highest BCUT2D eigenvalue weighted by molar-refractivity contribution is 5.83. The number of aromatic nitrogens is 4. The highest BCUT2D eigenvalue weighted by Gasteiger charge is 2.29. The van der Waals surface area contributed by atoms with Crippen molar-refractivity contribution in [3.8, 4) is 28.8 Å². The van der Waals surface area contributed by atoms with Crippen LogP contribution in [0.5, 0.6) is 0 Å². The standard InChI is InChI=1S/C26H23FN6O2/c1-17-24(23-12-13-29-33(23)21-10-8-18(16-28)9-11-21)32(25(34)30-20-5-3-6-20)26(35)31(17)22-7-2-4-19(14-22)15-27/h2,4,7-14,20H,3,5-6,15H2,1H3,(H,30,34). The second-order valence-electron chi connectivity index (χ2n) is 8.56. The van der Waals surface area contributed by atoms with E-state index in [1.807, 2.05) is 0 Å². The number of hydrogen-bond donors (Lipinski definition) is 1. The molecule has 0 unspecified atom stereocenters. The minimum atomic E-state index is -0.664. The molecule has 35 heavy (non-hydrogen) atoms. The van der Waals surface area contributed by atoms with Crippen LogP contribution in [0.4, 0.5) is 9.18 Å². The van der Waals surface area contributed by atoms with Gasteiger partial charge in [-0.15, -0.1) is 0 Å². The van der Waals surface area contributed by atoms with Crippen LogP contribution in [0, 0.1) is 18.3 Å². The Morgan fingerprint density at radius 3 is 2.60 bits per heavy atom. The third-order valence-corrected chi connectivity index (χ3v) is 6.37. The van der Waals surface area contributed by atoms with E-state index in [1.165, 1.54) is 4.57 Å². The summed E-state index contributed by atoms with van der Waals surface area (Å²) in [6.07, 6.45) is 4.37. The highest BCUT2D eigenvalue weighted by Crippen LogP contribution is 2.28. The Kier molecular flexibility index (Phi) is 5.79. The quantitative estimate of drug-likeness (QED) is 0.471. The van der Waals surface area contributed by atoms with Gasteiger partial charge < -0.3 is 5.32 Å². The molecule has 5 rings (SSSR count). The van der Waals surface area contributed by atoms with Gasteiger partial charge in [-0.25, -0.2) is 23.2 Å². The number of imidazole rings is 1. The molecule has 2 aromatic carbocycles. The Labute approximate surface area is 200 Å². The summed E-state index contributed by atoms with van der Waals surface area (Å²) in [6.45, 7) is 1.09. The molecule has 0 atom stereocenters. The predicted octanol–water partition coefficient (Wildman–Crippen LogP) is 4.25. The van der Waals surface area contributed by atoms with Gasteiger partial charge in [0, 0.05) is 6.04 Å². The molecule has 176 valence electrons. The molecule has 1 aliphatic carbocycles. The third kappa shape index (κ3) is 3.93. The smallest absolute Gasteiger partial charge is 0.335 e. The van der Waals surface area contributed by atoms with Gasteiger partial charge in [0.05, 0.1) is 40.6 Å². The lowest BCUT2D eigenvalue weighted by molar-refractivity contribution is 0.229. The average molecular weight is 471 g/mol. The van der Waals surface area contributed by atoms with E-state index < -0.39 is 18.4 Å². The summed E-state index contributed by atoms with van der Waals surface area (Å²) >= 11 is 0. The van der Waals surface area contributed by atoms with E-state index in [4.69, 9.17) is 5.26 Å². The zero-order valence-corrected chi connectivity index (χ0v) is 19.1. The molecule has 9 heteroatoms. The maximum Gasteiger partial charge on any atom is 0.341 e. The van der Waals surface area contributed by atoms with E-state index >= 15 is 0 Å².